The molecule has 0 saturated carbocycles. The Hall–Kier alpha value is -3.92. The lowest BCUT2D eigenvalue weighted by molar-refractivity contribution is -0.385. The Morgan fingerprint density at radius 3 is 1.33 bits per heavy atom. The highest BCUT2D eigenvalue weighted by Gasteiger charge is 2.07. The number of aliphatic hydroxyl groups is 2. The zero-order chi connectivity index (χ0) is 20.1. The van der Waals surface area contributed by atoms with Crippen LogP contribution in [0.25, 0.3) is 0 Å². The van der Waals surface area contributed by atoms with E-state index in [1.807, 2.05) is 0 Å². The van der Waals surface area contributed by atoms with Gasteiger partial charge in [0.25, 0.3) is 11.4 Å². The molecular formula is C18H14N2O7. The van der Waals surface area contributed by atoms with Gasteiger partial charge in [-0.1, -0.05) is 11.8 Å². The van der Waals surface area contributed by atoms with Crippen molar-refractivity contribution in [2.75, 3.05) is 13.2 Å². The van der Waals surface area contributed by atoms with Crippen molar-refractivity contribution in [2.45, 2.75) is 0 Å². The minimum Gasteiger partial charge on any atom is -0.457 e. The molecule has 9 nitrogen and oxygen atoms in total. The van der Waals surface area contributed by atoms with Gasteiger partial charge < -0.3 is 14.9 Å². The van der Waals surface area contributed by atoms with Gasteiger partial charge in [0.1, 0.15) is 24.7 Å². The average molecular weight is 370 g/mol. The van der Waals surface area contributed by atoms with Crippen molar-refractivity contribution >= 4 is 11.4 Å². The Kier molecular flexibility index (Phi) is 9.08. The Morgan fingerprint density at radius 1 is 0.741 bits per heavy atom. The second-order valence-electron chi connectivity index (χ2n) is 4.52. The smallest absolute Gasteiger partial charge is 0.269 e. The van der Waals surface area contributed by atoms with Gasteiger partial charge in [-0.2, -0.15) is 0 Å². The molecular weight excluding hydrogens is 356 g/mol. The summed E-state index contributed by atoms with van der Waals surface area (Å²) in [4.78, 5) is 19.9. The van der Waals surface area contributed by atoms with Crippen LogP contribution in [0.2, 0.25) is 0 Å². The summed E-state index contributed by atoms with van der Waals surface area (Å²) < 4.78 is 5.40. The van der Waals surface area contributed by atoms with Crippen LogP contribution in [0.5, 0.6) is 11.5 Å². The molecule has 0 radical (unpaired) electrons. The van der Waals surface area contributed by atoms with Gasteiger partial charge in [0.05, 0.1) is 9.85 Å². The molecule has 0 saturated heterocycles. The molecule has 2 N–H and O–H groups in total. The fourth-order valence-corrected chi connectivity index (χ4v) is 1.58. The minimum absolute atomic E-state index is 0.0314. The Bertz CT molecular complexity index is 810. The molecule has 0 atom stereocenters. The van der Waals surface area contributed by atoms with E-state index in [1.54, 1.807) is 0 Å². The second kappa shape index (κ2) is 11.6. The summed E-state index contributed by atoms with van der Waals surface area (Å²) in [6, 6.07) is 11.1. The van der Waals surface area contributed by atoms with Crippen molar-refractivity contribution in [3.63, 3.8) is 0 Å². The predicted molar refractivity (Wildman–Crippen MR) is 96.0 cm³/mol. The van der Waals surface area contributed by atoms with Gasteiger partial charge in [-0.05, 0) is 36.1 Å². The molecule has 0 amide bonds. The SMILES string of the molecule is O=[N+]([O-])c1ccc(Oc2ccc([N+](=O)[O-])cc2)cc1.OCC#CC#CCO. The van der Waals surface area contributed by atoms with Crippen molar-refractivity contribution < 1.29 is 24.8 Å². The molecule has 138 valence electrons. The van der Waals surface area contributed by atoms with E-state index in [1.165, 1.54) is 48.5 Å². The van der Waals surface area contributed by atoms with Crippen LogP contribution in [0.1, 0.15) is 0 Å². The molecule has 0 heterocycles. The first-order chi connectivity index (χ1) is 13.0. The van der Waals surface area contributed by atoms with Gasteiger partial charge in [0, 0.05) is 24.3 Å². The lowest BCUT2D eigenvalue weighted by Gasteiger charge is -2.04. The summed E-state index contributed by atoms with van der Waals surface area (Å²) in [6.07, 6.45) is 0. The maximum Gasteiger partial charge on any atom is 0.269 e. The number of benzene rings is 2. The van der Waals surface area contributed by atoms with Crippen LogP contribution < -0.4 is 4.74 Å². The Labute approximate surface area is 154 Å². The predicted octanol–water partition coefficient (Wildman–Crippen LogP) is 2.27. The van der Waals surface area contributed by atoms with Gasteiger partial charge in [-0.3, -0.25) is 20.2 Å². The summed E-state index contributed by atoms with van der Waals surface area (Å²) in [7, 11) is 0. The number of non-ortho nitro benzene ring substituents is 2. The van der Waals surface area contributed by atoms with E-state index in [0.29, 0.717) is 11.5 Å². The largest absolute Gasteiger partial charge is 0.457 e. The van der Waals surface area contributed by atoms with Crippen LogP contribution in [-0.2, 0) is 0 Å². The van der Waals surface area contributed by atoms with Crippen LogP contribution in [0.4, 0.5) is 11.4 Å². The van der Waals surface area contributed by atoms with E-state index < -0.39 is 9.85 Å². The first kappa shape index (κ1) is 21.1. The molecule has 27 heavy (non-hydrogen) atoms. The lowest BCUT2D eigenvalue weighted by Crippen LogP contribution is -1.89. The molecule has 2 aromatic carbocycles. The summed E-state index contributed by atoms with van der Waals surface area (Å²) in [5.74, 6) is 10.1. The van der Waals surface area contributed by atoms with Crippen LogP contribution in [0.15, 0.2) is 48.5 Å². The van der Waals surface area contributed by atoms with Gasteiger partial charge in [0.15, 0.2) is 0 Å². The van der Waals surface area contributed by atoms with Crippen LogP contribution in [-0.4, -0.2) is 33.3 Å². The van der Waals surface area contributed by atoms with Crippen molar-refractivity contribution in [2.24, 2.45) is 0 Å². The maximum absolute atomic E-state index is 10.5. The molecule has 2 aromatic rings. The summed E-state index contributed by atoms with van der Waals surface area (Å²) in [6.45, 7) is -0.361. The highest BCUT2D eigenvalue weighted by atomic mass is 16.6. The quantitative estimate of drug-likeness (QED) is 0.478. The number of aliphatic hydroxyl groups excluding tert-OH is 2. The molecule has 0 spiro atoms. The zero-order valence-electron chi connectivity index (χ0n) is 13.9. The lowest BCUT2D eigenvalue weighted by atomic mass is 10.3. The van der Waals surface area contributed by atoms with Crippen molar-refractivity contribution in [3.05, 3.63) is 68.8 Å². The third-order valence-electron chi connectivity index (χ3n) is 2.73. The van der Waals surface area contributed by atoms with Crippen molar-refractivity contribution in [1.29, 1.82) is 0 Å². The molecule has 9 heteroatoms. The van der Waals surface area contributed by atoms with Gasteiger partial charge in [-0.15, -0.1) is 0 Å². The maximum atomic E-state index is 10.5. The van der Waals surface area contributed by atoms with Crippen molar-refractivity contribution in [3.8, 4) is 35.2 Å². The average Bonchev–Trinajstić information content (AvgIpc) is 2.67. The number of ether oxygens (including phenoxy) is 1. The molecule has 0 unspecified atom stereocenters. The molecule has 0 aliphatic heterocycles. The molecule has 0 fully saturated rings. The van der Waals surface area contributed by atoms with E-state index >= 15 is 0 Å². The van der Waals surface area contributed by atoms with E-state index in [9.17, 15) is 20.2 Å². The van der Waals surface area contributed by atoms with Gasteiger partial charge >= 0.3 is 0 Å². The minimum atomic E-state index is -0.504. The molecule has 0 aliphatic carbocycles. The number of hydrogen-bond acceptors (Lipinski definition) is 7. The molecule has 0 aliphatic rings. The normalized spacial score (nSPS) is 8.67. The fourth-order valence-electron chi connectivity index (χ4n) is 1.58. The van der Waals surface area contributed by atoms with Gasteiger partial charge in [0.2, 0.25) is 0 Å². The topological polar surface area (TPSA) is 136 Å². The number of nitrogens with zero attached hydrogens (tertiary/aromatic N) is 2. The fraction of sp³-hybridized carbons (Fsp3) is 0.111. The van der Waals surface area contributed by atoms with Crippen LogP contribution >= 0.6 is 0 Å². The number of rotatable bonds is 4. The summed E-state index contributed by atoms with van der Waals surface area (Å²) in [5, 5.41) is 37.1. The molecule has 0 bridgehead atoms. The van der Waals surface area contributed by atoms with E-state index in [2.05, 4.69) is 23.7 Å². The molecule has 2 rings (SSSR count). The van der Waals surface area contributed by atoms with Crippen LogP contribution in [0.3, 0.4) is 0 Å². The van der Waals surface area contributed by atoms with Crippen molar-refractivity contribution in [1.82, 2.24) is 0 Å². The number of nitro groups is 2. The zero-order valence-corrected chi connectivity index (χ0v) is 13.9. The highest BCUT2D eigenvalue weighted by molar-refractivity contribution is 5.41. The first-order valence-corrected chi connectivity index (χ1v) is 7.32. The van der Waals surface area contributed by atoms with E-state index in [4.69, 9.17) is 14.9 Å². The monoisotopic (exact) mass is 370 g/mol. The van der Waals surface area contributed by atoms with Crippen LogP contribution in [0, 0.1) is 43.9 Å². The summed E-state index contributed by atoms with van der Waals surface area (Å²) >= 11 is 0. The first-order valence-electron chi connectivity index (χ1n) is 7.32. The Balaban J connectivity index is 0.000000387. The second-order valence-corrected chi connectivity index (χ2v) is 4.52. The highest BCUT2D eigenvalue weighted by Crippen LogP contribution is 2.25. The summed E-state index contributed by atoms with van der Waals surface area (Å²) in [5.41, 5.74) is -0.0629. The molecule has 0 aromatic heterocycles. The van der Waals surface area contributed by atoms with Gasteiger partial charge in [-0.25, -0.2) is 0 Å². The standard InChI is InChI=1S/C12H8N2O5.C6H6O2/c15-13(16)9-1-5-11(6-2-9)19-12-7-3-10(4-8-12)14(17)18;7-5-3-1-2-4-6-8/h1-8H;7-8H,5-6H2. The number of nitro benzene ring substituents is 2. The third-order valence-corrected chi connectivity index (χ3v) is 2.73. The van der Waals surface area contributed by atoms with E-state index in [0.717, 1.165) is 0 Å². The van der Waals surface area contributed by atoms with E-state index in [-0.39, 0.29) is 24.6 Å². The number of hydrogen-bond donors (Lipinski definition) is 2. The third kappa shape index (κ3) is 8.14. The Morgan fingerprint density at radius 2 is 1.07 bits per heavy atom.